The highest BCUT2D eigenvalue weighted by molar-refractivity contribution is 5.79. The Morgan fingerprint density at radius 1 is 1.42 bits per heavy atom. The average molecular weight is 267 g/mol. The standard InChI is InChI=1S/C15H29N3O/c1-11(2)18-5-4-13(10-18)8-17-15(19)14-6-12(3)7-16-9-14/h11-14,16H,4-10H2,1-3H3,(H,17,19). The fourth-order valence-corrected chi connectivity index (χ4v) is 3.24. The third-order valence-electron chi connectivity index (χ3n) is 4.55. The van der Waals surface area contributed by atoms with E-state index in [1.54, 1.807) is 0 Å². The van der Waals surface area contributed by atoms with Crippen molar-refractivity contribution in [3.05, 3.63) is 0 Å². The molecule has 2 saturated heterocycles. The van der Waals surface area contributed by atoms with E-state index in [-0.39, 0.29) is 11.8 Å². The maximum Gasteiger partial charge on any atom is 0.224 e. The molecule has 4 nitrogen and oxygen atoms in total. The van der Waals surface area contributed by atoms with Crippen LogP contribution in [0.15, 0.2) is 0 Å². The smallest absolute Gasteiger partial charge is 0.224 e. The lowest BCUT2D eigenvalue weighted by molar-refractivity contribution is -0.126. The number of rotatable bonds is 4. The minimum Gasteiger partial charge on any atom is -0.355 e. The van der Waals surface area contributed by atoms with Crippen molar-refractivity contribution < 1.29 is 4.79 Å². The van der Waals surface area contributed by atoms with Crippen LogP contribution in [0.3, 0.4) is 0 Å². The average Bonchev–Trinajstić information content (AvgIpc) is 2.85. The van der Waals surface area contributed by atoms with E-state index in [9.17, 15) is 4.79 Å². The summed E-state index contributed by atoms with van der Waals surface area (Å²) >= 11 is 0. The number of hydrogen-bond acceptors (Lipinski definition) is 3. The highest BCUT2D eigenvalue weighted by Crippen LogP contribution is 2.19. The van der Waals surface area contributed by atoms with Crippen LogP contribution in [-0.2, 0) is 4.79 Å². The van der Waals surface area contributed by atoms with Crippen LogP contribution in [-0.4, -0.2) is 49.6 Å². The lowest BCUT2D eigenvalue weighted by atomic mass is 9.91. The van der Waals surface area contributed by atoms with Gasteiger partial charge >= 0.3 is 0 Å². The molecule has 0 spiro atoms. The normalized spacial score (nSPS) is 32.7. The first-order valence-corrected chi connectivity index (χ1v) is 7.78. The van der Waals surface area contributed by atoms with Crippen LogP contribution in [0, 0.1) is 17.8 Å². The van der Waals surface area contributed by atoms with Gasteiger partial charge in [0, 0.05) is 25.7 Å². The summed E-state index contributed by atoms with van der Waals surface area (Å²) in [7, 11) is 0. The van der Waals surface area contributed by atoms with Gasteiger partial charge in [0.05, 0.1) is 5.92 Å². The van der Waals surface area contributed by atoms with Crippen molar-refractivity contribution in [2.75, 3.05) is 32.7 Å². The summed E-state index contributed by atoms with van der Waals surface area (Å²) in [5.74, 6) is 1.68. The molecule has 1 amide bonds. The monoisotopic (exact) mass is 267 g/mol. The minimum absolute atomic E-state index is 0.173. The number of carbonyl (C=O) groups excluding carboxylic acids is 1. The van der Waals surface area contributed by atoms with Crippen molar-refractivity contribution in [1.82, 2.24) is 15.5 Å². The number of nitrogens with one attached hydrogen (secondary N) is 2. The quantitative estimate of drug-likeness (QED) is 0.801. The van der Waals surface area contributed by atoms with Gasteiger partial charge in [0.1, 0.15) is 0 Å². The van der Waals surface area contributed by atoms with E-state index in [2.05, 4.69) is 36.3 Å². The molecule has 2 heterocycles. The second-order valence-corrected chi connectivity index (χ2v) is 6.68. The summed E-state index contributed by atoms with van der Waals surface area (Å²) in [6.07, 6.45) is 2.25. The first-order chi connectivity index (χ1) is 9.06. The van der Waals surface area contributed by atoms with E-state index in [0.29, 0.717) is 17.9 Å². The van der Waals surface area contributed by atoms with E-state index in [1.165, 1.54) is 13.0 Å². The molecule has 2 aliphatic heterocycles. The maximum atomic E-state index is 12.2. The van der Waals surface area contributed by atoms with Gasteiger partial charge < -0.3 is 15.5 Å². The minimum atomic E-state index is 0.173. The van der Waals surface area contributed by atoms with Crippen molar-refractivity contribution in [3.8, 4) is 0 Å². The Labute approximate surface area is 117 Å². The summed E-state index contributed by atoms with van der Waals surface area (Å²) in [5, 5.41) is 6.52. The molecule has 0 aromatic carbocycles. The molecule has 4 heteroatoms. The second-order valence-electron chi connectivity index (χ2n) is 6.68. The number of nitrogens with zero attached hydrogens (tertiary/aromatic N) is 1. The fraction of sp³-hybridized carbons (Fsp3) is 0.933. The molecular weight excluding hydrogens is 238 g/mol. The van der Waals surface area contributed by atoms with Gasteiger partial charge in [-0.15, -0.1) is 0 Å². The number of carbonyl (C=O) groups is 1. The Bertz CT molecular complexity index is 306. The van der Waals surface area contributed by atoms with Crippen LogP contribution in [0.4, 0.5) is 0 Å². The van der Waals surface area contributed by atoms with E-state index >= 15 is 0 Å². The second kappa shape index (κ2) is 6.71. The van der Waals surface area contributed by atoms with Gasteiger partial charge in [0.25, 0.3) is 0 Å². The third kappa shape index (κ3) is 4.18. The molecule has 0 aliphatic carbocycles. The Morgan fingerprint density at radius 3 is 2.84 bits per heavy atom. The summed E-state index contributed by atoms with van der Waals surface area (Å²) in [6, 6.07) is 0.629. The summed E-state index contributed by atoms with van der Waals surface area (Å²) in [5.41, 5.74) is 0. The van der Waals surface area contributed by atoms with Gasteiger partial charge in [-0.25, -0.2) is 0 Å². The molecule has 0 aromatic rings. The summed E-state index contributed by atoms with van der Waals surface area (Å²) < 4.78 is 0. The van der Waals surface area contributed by atoms with Crippen molar-refractivity contribution in [2.45, 2.75) is 39.7 Å². The maximum absolute atomic E-state index is 12.2. The zero-order valence-corrected chi connectivity index (χ0v) is 12.6. The molecule has 2 rings (SSSR count). The van der Waals surface area contributed by atoms with Gasteiger partial charge in [-0.3, -0.25) is 4.79 Å². The predicted octanol–water partition coefficient (Wildman–Crippen LogP) is 1.08. The molecule has 3 unspecified atom stereocenters. The highest BCUT2D eigenvalue weighted by Gasteiger charge is 2.27. The Balaban J connectivity index is 1.69. The van der Waals surface area contributed by atoms with Crippen LogP contribution >= 0.6 is 0 Å². The number of hydrogen-bond donors (Lipinski definition) is 2. The molecule has 2 N–H and O–H groups in total. The van der Waals surface area contributed by atoms with Crippen molar-refractivity contribution >= 4 is 5.91 Å². The largest absolute Gasteiger partial charge is 0.355 e. The number of piperidine rings is 1. The SMILES string of the molecule is CC1CNCC(C(=O)NCC2CCN(C(C)C)C2)C1. The summed E-state index contributed by atoms with van der Waals surface area (Å²) in [4.78, 5) is 14.7. The van der Waals surface area contributed by atoms with Crippen molar-refractivity contribution in [2.24, 2.45) is 17.8 Å². The van der Waals surface area contributed by atoms with Crippen LogP contribution < -0.4 is 10.6 Å². The Morgan fingerprint density at radius 2 is 2.21 bits per heavy atom. The van der Waals surface area contributed by atoms with Gasteiger partial charge in [-0.05, 0) is 51.6 Å². The molecule has 0 radical (unpaired) electrons. The van der Waals surface area contributed by atoms with Crippen LogP contribution in [0.2, 0.25) is 0 Å². The van der Waals surface area contributed by atoms with Gasteiger partial charge in [-0.2, -0.15) is 0 Å². The first-order valence-electron chi connectivity index (χ1n) is 7.78. The van der Waals surface area contributed by atoms with Crippen LogP contribution in [0.1, 0.15) is 33.6 Å². The van der Waals surface area contributed by atoms with E-state index in [4.69, 9.17) is 0 Å². The number of amides is 1. The Kier molecular flexibility index (Phi) is 5.22. The molecule has 110 valence electrons. The van der Waals surface area contributed by atoms with Crippen molar-refractivity contribution in [1.29, 1.82) is 0 Å². The molecule has 19 heavy (non-hydrogen) atoms. The zero-order valence-electron chi connectivity index (χ0n) is 12.6. The zero-order chi connectivity index (χ0) is 13.8. The fourth-order valence-electron chi connectivity index (χ4n) is 3.24. The van der Waals surface area contributed by atoms with Crippen molar-refractivity contribution in [3.63, 3.8) is 0 Å². The molecule has 0 bridgehead atoms. The molecule has 0 saturated carbocycles. The van der Waals surface area contributed by atoms with Gasteiger partial charge in [0.2, 0.25) is 5.91 Å². The van der Waals surface area contributed by atoms with Crippen LogP contribution in [0.25, 0.3) is 0 Å². The first kappa shape index (κ1) is 14.8. The molecule has 3 atom stereocenters. The summed E-state index contributed by atoms with van der Waals surface area (Å²) in [6.45, 7) is 11.8. The topological polar surface area (TPSA) is 44.4 Å². The lowest BCUT2D eigenvalue weighted by Gasteiger charge is -2.27. The molecule has 2 fully saturated rings. The highest BCUT2D eigenvalue weighted by atomic mass is 16.1. The Hall–Kier alpha value is -0.610. The number of likely N-dealkylation sites (tertiary alicyclic amines) is 1. The molecule has 2 aliphatic rings. The molecule has 0 aromatic heterocycles. The van der Waals surface area contributed by atoms with E-state index in [1.807, 2.05) is 0 Å². The third-order valence-corrected chi connectivity index (χ3v) is 4.55. The lowest BCUT2D eigenvalue weighted by Crippen LogP contribution is -2.44. The predicted molar refractivity (Wildman–Crippen MR) is 78.0 cm³/mol. The van der Waals surface area contributed by atoms with E-state index in [0.717, 1.165) is 32.6 Å². The van der Waals surface area contributed by atoms with Crippen LogP contribution in [0.5, 0.6) is 0 Å². The molecular formula is C15H29N3O. The van der Waals surface area contributed by atoms with E-state index < -0.39 is 0 Å². The van der Waals surface area contributed by atoms with Gasteiger partial charge in [0.15, 0.2) is 0 Å². The van der Waals surface area contributed by atoms with Gasteiger partial charge in [-0.1, -0.05) is 6.92 Å².